The van der Waals surface area contributed by atoms with Crippen molar-refractivity contribution in [3.8, 4) is 11.5 Å². The third kappa shape index (κ3) is 4.11. The van der Waals surface area contributed by atoms with Gasteiger partial charge in [0.25, 0.3) is 0 Å². The van der Waals surface area contributed by atoms with E-state index in [1.807, 2.05) is 26.0 Å². The molecule has 0 unspecified atom stereocenters. The zero-order chi connectivity index (χ0) is 21.0. The number of nitrogens with zero attached hydrogens (tertiary/aromatic N) is 1. The van der Waals surface area contributed by atoms with E-state index in [1.165, 1.54) is 0 Å². The first kappa shape index (κ1) is 20.5. The summed E-state index contributed by atoms with van der Waals surface area (Å²) in [4.78, 5) is 24.9. The number of fused-ring (bicyclic) bond motifs is 1. The molecule has 0 bridgehead atoms. The molecule has 6 heteroatoms. The minimum Gasteiger partial charge on any atom is -0.497 e. The van der Waals surface area contributed by atoms with Gasteiger partial charge in [0, 0.05) is 28.7 Å². The molecule has 1 heterocycles. The predicted octanol–water partition coefficient (Wildman–Crippen LogP) is 4.42. The van der Waals surface area contributed by atoms with Crippen LogP contribution in [0.5, 0.6) is 11.5 Å². The molecule has 0 amide bonds. The number of Topliss-reactive ketones (excluding diaryl/α,β-unsaturated/α-hetero) is 1. The SMILES string of the molecule is CCOC(=O)c1c(C)n(CC)c2ccc(OCC(=O)c3ccc(OC)cc3)cc12. The molecule has 0 saturated carbocycles. The number of aryl methyl sites for hydroxylation is 1. The molecule has 0 aliphatic heterocycles. The summed E-state index contributed by atoms with van der Waals surface area (Å²) in [5.41, 5.74) is 2.87. The number of ketones is 1. The number of hydrogen-bond acceptors (Lipinski definition) is 5. The normalized spacial score (nSPS) is 10.8. The van der Waals surface area contributed by atoms with E-state index in [2.05, 4.69) is 4.57 Å². The standard InChI is InChI=1S/C23H25NO5/c1-5-24-15(3)22(23(26)28-6-2)19-13-18(11-12-20(19)24)29-14-21(25)16-7-9-17(27-4)10-8-16/h7-13H,5-6,14H2,1-4H3. The lowest BCUT2D eigenvalue weighted by atomic mass is 10.1. The third-order valence-electron chi connectivity index (χ3n) is 4.87. The molecule has 0 radical (unpaired) electrons. The van der Waals surface area contributed by atoms with Gasteiger partial charge in [-0.2, -0.15) is 0 Å². The second-order valence-corrected chi connectivity index (χ2v) is 6.54. The second kappa shape index (κ2) is 8.82. The molecule has 152 valence electrons. The molecule has 0 saturated heterocycles. The molecule has 0 spiro atoms. The molecule has 29 heavy (non-hydrogen) atoms. The van der Waals surface area contributed by atoms with Crippen LogP contribution in [0.25, 0.3) is 10.9 Å². The quantitative estimate of drug-likeness (QED) is 0.417. The number of carbonyl (C=O) groups is 2. The van der Waals surface area contributed by atoms with Crippen molar-refractivity contribution in [1.29, 1.82) is 0 Å². The monoisotopic (exact) mass is 395 g/mol. The van der Waals surface area contributed by atoms with E-state index < -0.39 is 0 Å². The zero-order valence-corrected chi connectivity index (χ0v) is 17.2. The van der Waals surface area contributed by atoms with Crippen LogP contribution in [-0.2, 0) is 11.3 Å². The summed E-state index contributed by atoms with van der Waals surface area (Å²) in [5, 5.41) is 0.761. The molecule has 0 N–H and O–H groups in total. The maximum Gasteiger partial charge on any atom is 0.340 e. The topological polar surface area (TPSA) is 66.8 Å². The van der Waals surface area contributed by atoms with Gasteiger partial charge < -0.3 is 18.8 Å². The number of ether oxygens (including phenoxy) is 3. The van der Waals surface area contributed by atoms with Crippen molar-refractivity contribution < 1.29 is 23.8 Å². The van der Waals surface area contributed by atoms with Gasteiger partial charge in [0.15, 0.2) is 12.4 Å². The summed E-state index contributed by atoms with van der Waals surface area (Å²) >= 11 is 0. The van der Waals surface area contributed by atoms with Crippen molar-refractivity contribution in [3.63, 3.8) is 0 Å². The van der Waals surface area contributed by atoms with Crippen LogP contribution in [-0.4, -0.2) is 36.6 Å². The Morgan fingerprint density at radius 2 is 1.69 bits per heavy atom. The first-order valence-electron chi connectivity index (χ1n) is 9.60. The minimum atomic E-state index is -0.353. The van der Waals surface area contributed by atoms with Crippen LogP contribution in [0.2, 0.25) is 0 Å². The van der Waals surface area contributed by atoms with Gasteiger partial charge in [0.2, 0.25) is 0 Å². The Hall–Kier alpha value is -3.28. The highest BCUT2D eigenvalue weighted by Gasteiger charge is 2.21. The van der Waals surface area contributed by atoms with Crippen molar-refractivity contribution in [2.45, 2.75) is 27.3 Å². The van der Waals surface area contributed by atoms with Crippen molar-refractivity contribution in [2.75, 3.05) is 20.3 Å². The Balaban J connectivity index is 1.85. The molecule has 1 aromatic heterocycles. The van der Waals surface area contributed by atoms with Crippen LogP contribution in [0.1, 0.15) is 40.3 Å². The maximum absolute atomic E-state index is 12.5. The fourth-order valence-corrected chi connectivity index (χ4v) is 3.43. The molecular formula is C23H25NO5. The summed E-state index contributed by atoms with van der Waals surface area (Å²) in [7, 11) is 1.58. The van der Waals surface area contributed by atoms with E-state index >= 15 is 0 Å². The Morgan fingerprint density at radius 1 is 1.00 bits per heavy atom. The number of methoxy groups -OCH3 is 1. The molecule has 0 fully saturated rings. The fourth-order valence-electron chi connectivity index (χ4n) is 3.43. The van der Waals surface area contributed by atoms with Gasteiger partial charge in [-0.25, -0.2) is 4.79 Å². The highest BCUT2D eigenvalue weighted by molar-refractivity contribution is 6.06. The maximum atomic E-state index is 12.5. The summed E-state index contributed by atoms with van der Waals surface area (Å²) in [6.07, 6.45) is 0. The number of rotatable bonds is 8. The van der Waals surface area contributed by atoms with E-state index in [0.717, 1.165) is 23.1 Å². The zero-order valence-electron chi connectivity index (χ0n) is 17.2. The van der Waals surface area contributed by atoms with Gasteiger partial charge in [-0.1, -0.05) is 0 Å². The van der Waals surface area contributed by atoms with Gasteiger partial charge >= 0.3 is 5.97 Å². The van der Waals surface area contributed by atoms with Crippen molar-refractivity contribution in [1.82, 2.24) is 4.57 Å². The number of carbonyl (C=O) groups excluding carboxylic acids is 2. The van der Waals surface area contributed by atoms with Crippen LogP contribution in [0.4, 0.5) is 0 Å². The Morgan fingerprint density at radius 3 is 2.31 bits per heavy atom. The molecule has 3 rings (SSSR count). The van der Waals surface area contributed by atoms with Crippen LogP contribution >= 0.6 is 0 Å². The fraction of sp³-hybridized carbons (Fsp3) is 0.304. The van der Waals surface area contributed by atoms with Crippen LogP contribution in [0, 0.1) is 6.92 Å². The van der Waals surface area contributed by atoms with Crippen molar-refractivity contribution in [2.24, 2.45) is 0 Å². The minimum absolute atomic E-state index is 0.0972. The summed E-state index contributed by atoms with van der Waals surface area (Å²) in [6.45, 7) is 6.66. The van der Waals surface area contributed by atoms with Gasteiger partial charge in [-0.3, -0.25) is 4.79 Å². The Kier molecular flexibility index (Phi) is 6.22. The number of esters is 1. The highest BCUT2D eigenvalue weighted by atomic mass is 16.5. The summed E-state index contributed by atoms with van der Waals surface area (Å²) in [5.74, 6) is 0.725. The van der Waals surface area contributed by atoms with Gasteiger partial charge in [0.1, 0.15) is 11.5 Å². The average Bonchev–Trinajstić information content (AvgIpc) is 3.02. The largest absolute Gasteiger partial charge is 0.497 e. The smallest absolute Gasteiger partial charge is 0.340 e. The Labute approximate surface area is 170 Å². The molecular weight excluding hydrogens is 370 g/mol. The second-order valence-electron chi connectivity index (χ2n) is 6.54. The van der Waals surface area contributed by atoms with E-state index in [9.17, 15) is 9.59 Å². The van der Waals surface area contributed by atoms with E-state index in [-0.39, 0.29) is 18.4 Å². The molecule has 2 aromatic carbocycles. The van der Waals surface area contributed by atoms with Gasteiger partial charge in [0.05, 0.1) is 19.3 Å². The highest BCUT2D eigenvalue weighted by Crippen LogP contribution is 2.30. The Bertz CT molecular complexity index is 1030. The summed E-state index contributed by atoms with van der Waals surface area (Å²) < 4.78 is 18.1. The van der Waals surface area contributed by atoms with Crippen LogP contribution in [0.3, 0.4) is 0 Å². The van der Waals surface area contributed by atoms with Gasteiger partial charge in [-0.05, 0) is 63.2 Å². The van der Waals surface area contributed by atoms with E-state index in [4.69, 9.17) is 14.2 Å². The lowest BCUT2D eigenvalue weighted by Gasteiger charge is -2.08. The van der Waals surface area contributed by atoms with E-state index in [1.54, 1.807) is 44.4 Å². The molecule has 0 aliphatic carbocycles. The summed E-state index contributed by atoms with van der Waals surface area (Å²) in [6, 6.07) is 12.4. The van der Waals surface area contributed by atoms with Crippen molar-refractivity contribution >= 4 is 22.7 Å². The molecule has 0 atom stereocenters. The first-order chi connectivity index (χ1) is 14.0. The molecule has 0 aliphatic rings. The average molecular weight is 395 g/mol. The number of hydrogen-bond donors (Lipinski definition) is 0. The van der Waals surface area contributed by atoms with Gasteiger partial charge in [-0.15, -0.1) is 0 Å². The molecule has 3 aromatic rings. The number of benzene rings is 2. The van der Waals surface area contributed by atoms with Crippen LogP contribution < -0.4 is 9.47 Å². The molecule has 6 nitrogen and oxygen atoms in total. The van der Waals surface area contributed by atoms with Crippen molar-refractivity contribution in [3.05, 3.63) is 59.3 Å². The first-order valence-corrected chi connectivity index (χ1v) is 9.60. The lowest BCUT2D eigenvalue weighted by molar-refractivity contribution is 0.0527. The lowest BCUT2D eigenvalue weighted by Crippen LogP contribution is -2.11. The number of aromatic nitrogens is 1. The predicted molar refractivity (Wildman–Crippen MR) is 111 cm³/mol. The van der Waals surface area contributed by atoms with E-state index in [0.29, 0.717) is 29.2 Å². The van der Waals surface area contributed by atoms with Crippen LogP contribution in [0.15, 0.2) is 42.5 Å². The third-order valence-corrected chi connectivity index (χ3v) is 4.87.